The molecule has 2 aromatic carbocycles. The molecule has 0 radical (unpaired) electrons. The zero-order valence-corrected chi connectivity index (χ0v) is 17.2. The number of carbonyl (C=O) groups excluding carboxylic acids is 3. The number of anilines is 2. The van der Waals surface area contributed by atoms with Gasteiger partial charge in [-0.05, 0) is 24.3 Å². The molecule has 2 aromatic rings. The van der Waals surface area contributed by atoms with Crippen molar-refractivity contribution < 1.29 is 14.4 Å². The predicted octanol–water partition coefficient (Wildman–Crippen LogP) is 3.10. The first-order valence-electron chi connectivity index (χ1n) is 9.03. The van der Waals surface area contributed by atoms with Gasteiger partial charge in [-0.15, -0.1) is 10.2 Å². The summed E-state index contributed by atoms with van der Waals surface area (Å²) in [4.78, 5) is 39.0. The van der Waals surface area contributed by atoms with Crippen molar-refractivity contribution in [3.63, 3.8) is 0 Å². The maximum Gasteiger partial charge on any atom is 0.262 e. The summed E-state index contributed by atoms with van der Waals surface area (Å²) in [6.45, 7) is 1.35. The fourth-order valence-corrected chi connectivity index (χ4v) is 3.09. The summed E-state index contributed by atoms with van der Waals surface area (Å²) in [7, 11) is 4.98. The maximum absolute atomic E-state index is 12.4. The Morgan fingerprint density at radius 2 is 1.81 bits per heavy atom. The van der Waals surface area contributed by atoms with Crippen molar-refractivity contribution in [2.45, 2.75) is 6.92 Å². The van der Waals surface area contributed by atoms with E-state index in [-0.39, 0.29) is 39.5 Å². The van der Waals surface area contributed by atoms with Gasteiger partial charge in [0.1, 0.15) is 23.5 Å². The molecule has 0 spiro atoms. The second-order valence-corrected chi connectivity index (χ2v) is 6.94. The number of benzene rings is 2. The van der Waals surface area contributed by atoms with E-state index in [1.807, 2.05) is 31.1 Å². The van der Waals surface area contributed by atoms with Crippen LogP contribution in [0.2, 0.25) is 0 Å². The van der Waals surface area contributed by atoms with Crippen molar-refractivity contribution >= 4 is 40.5 Å². The van der Waals surface area contributed by atoms with Crippen LogP contribution in [-0.4, -0.2) is 43.8 Å². The third-order valence-electron chi connectivity index (χ3n) is 4.65. The van der Waals surface area contributed by atoms with E-state index >= 15 is 0 Å². The molecule has 3 rings (SSSR count). The molecule has 31 heavy (non-hydrogen) atoms. The van der Waals surface area contributed by atoms with Gasteiger partial charge in [-0.25, -0.2) is 0 Å². The lowest BCUT2D eigenvalue weighted by Crippen LogP contribution is -2.24. The highest BCUT2D eigenvalue weighted by atomic mass is 16.2. The van der Waals surface area contributed by atoms with Gasteiger partial charge in [0.05, 0.1) is 27.9 Å². The molecule has 0 bridgehead atoms. The zero-order chi connectivity index (χ0) is 22.9. The fourth-order valence-electron chi connectivity index (χ4n) is 3.09. The van der Waals surface area contributed by atoms with Crippen LogP contribution in [-0.2, 0) is 4.79 Å². The van der Waals surface area contributed by atoms with Crippen LogP contribution in [0.4, 0.5) is 22.7 Å². The highest BCUT2D eigenvalue weighted by molar-refractivity contribution is 6.23. The van der Waals surface area contributed by atoms with E-state index in [1.54, 1.807) is 18.2 Å². The summed E-state index contributed by atoms with van der Waals surface area (Å²) in [5, 5.41) is 30.0. The Labute approximate surface area is 178 Å². The number of nitriles is 2. The Bertz CT molecular complexity index is 1250. The lowest BCUT2D eigenvalue weighted by Gasteiger charge is -2.15. The van der Waals surface area contributed by atoms with E-state index in [9.17, 15) is 24.9 Å². The van der Waals surface area contributed by atoms with E-state index in [4.69, 9.17) is 0 Å². The topological polar surface area (TPSA) is 142 Å². The van der Waals surface area contributed by atoms with E-state index in [0.29, 0.717) is 5.69 Å². The molecule has 0 saturated carbocycles. The molecule has 1 N–H and O–H groups in total. The van der Waals surface area contributed by atoms with Gasteiger partial charge in [0.15, 0.2) is 0 Å². The second-order valence-electron chi connectivity index (χ2n) is 6.94. The summed E-state index contributed by atoms with van der Waals surface area (Å²) in [6, 6.07) is 10.1. The van der Waals surface area contributed by atoms with Crippen molar-refractivity contribution in [1.82, 2.24) is 4.90 Å². The minimum atomic E-state index is -0.647. The minimum Gasteiger partial charge on any atom is -0.378 e. The molecule has 1 heterocycles. The summed E-state index contributed by atoms with van der Waals surface area (Å²) in [6.07, 6.45) is 0. The highest BCUT2D eigenvalue weighted by Crippen LogP contribution is 2.37. The van der Waals surface area contributed by atoms with Crippen LogP contribution < -0.4 is 10.2 Å². The Morgan fingerprint density at radius 1 is 1.10 bits per heavy atom. The Balaban J connectivity index is 2.17. The van der Waals surface area contributed by atoms with Gasteiger partial charge < -0.3 is 10.2 Å². The quantitative estimate of drug-likeness (QED) is 0.600. The molecule has 10 nitrogen and oxygen atoms in total. The Kier molecular flexibility index (Phi) is 5.49. The number of nitrogens with one attached hydrogen (secondary N) is 1. The number of nitrogens with zero attached hydrogens (tertiary/aromatic N) is 6. The highest BCUT2D eigenvalue weighted by Gasteiger charge is 2.37. The molecule has 10 heteroatoms. The van der Waals surface area contributed by atoms with Gasteiger partial charge in [0.25, 0.3) is 11.8 Å². The number of imide groups is 1. The van der Waals surface area contributed by atoms with Crippen molar-refractivity contribution in [3.8, 4) is 12.1 Å². The molecule has 1 aliphatic heterocycles. The molecular formula is C21H17N7O3. The predicted molar refractivity (Wildman–Crippen MR) is 112 cm³/mol. The third kappa shape index (κ3) is 3.70. The number of amides is 3. The van der Waals surface area contributed by atoms with Crippen molar-refractivity contribution in [2.75, 3.05) is 31.4 Å². The molecule has 1 aliphatic rings. The molecule has 3 amide bonds. The fraction of sp³-hybridized carbons (Fsp3) is 0.190. The Hall–Kier alpha value is -4.57. The van der Waals surface area contributed by atoms with Crippen LogP contribution in [0.5, 0.6) is 0 Å². The Morgan fingerprint density at radius 3 is 2.39 bits per heavy atom. The molecule has 0 fully saturated rings. The number of hydrogen-bond acceptors (Lipinski definition) is 8. The van der Waals surface area contributed by atoms with Crippen LogP contribution in [0.3, 0.4) is 0 Å². The van der Waals surface area contributed by atoms with Gasteiger partial charge >= 0.3 is 0 Å². The molecule has 0 aliphatic carbocycles. The molecule has 0 atom stereocenters. The normalized spacial score (nSPS) is 12.5. The lowest BCUT2D eigenvalue weighted by molar-refractivity contribution is -0.114. The van der Waals surface area contributed by atoms with E-state index < -0.39 is 11.8 Å². The van der Waals surface area contributed by atoms with Crippen molar-refractivity contribution in [2.24, 2.45) is 10.2 Å². The molecule has 0 aromatic heterocycles. The van der Waals surface area contributed by atoms with E-state index in [0.717, 1.165) is 10.6 Å². The number of hydrogen-bond donors (Lipinski definition) is 1. The second kappa shape index (κ2) is 8.05. The average Bonchev–Trinajstić information content (AvgIpc) is 2.95. The van der Waals surface area contributed by atoms with E-state index in [2.05, 4.69) is 15.5 Å². The first-order chi connectivity index (χ1) is 14.7. The molecular weight excluding hydrogens is 398 g/mol. The smallest absolute Gasteiger partial charge is 0.262 e. The monoisotopic (exact) mass is 415 g/mol. The van der Waals surface area contributed by atoms with Crippen LogP contribution in [0.25, 0.3) is 0 Å². The molecule has 0 saturated heterocycles. The summed E-state index contributed by atoms with van der Waals surface area (Å²) < 4.78 is 0. The van der Waals surface area contributed by atoms with Crippen molar-refractivity contribution in [3.05, 3.63) is 46.5 Å². The average molecular weight is 415 g/mol. The van der Waals surface area contributed by atoms with Gasteiger partial charge in [-0.2, -0.15) is 10.5 Å². The SMILES string of the molecule is CC(=O)Nc1cc(N(C)C)ccc1N=Nc1c(C#N)cc2c(c1C#N)C(=O)N(C)C2=O. The number of carbonyl (C=O) groups is 3. The number of azo groups is 1. The van der Waals surface area contributed by atoms with Gasteiger partial charge in [0.2, 0.25) is 5.91 Å². The standard InChI is InChI=1S/C21H17N7O3/c1-11(29)24-17-8-13(27(2)3)5-6-16(17)25-26-19-12(9-22)7-14-18(15(19)10-23)21(31)28(4)20(14)30/h5-8H,1-4H3,(H,24,29). The lowest BCUT2D eigenvalue weighted by atomic mass is 9.97. The van der Waals surface area contributed by atoms with Gasteiger partial charge in [0, 0.05) is 33.8 Å². The summed E-state index contributed by atoms with van der Waals surface area (Å²) in [5.74, 6) is -1.55. The summed E-state index contributed by atoms with van der Waals surface area (Å²) in [5.41, 5.74) is 0.962. The number of fused-ring (bicyclic) bond motifs is 1. The maximum atomic E-state index is 12.4. The van der Waals surface area contributed by atoms with Crippen LogP contribution >= 0.6 is 0 Å². The third-order valence-corrected chi connectivity index (χ3v) is 4.65. The number of rotatable bonds is 4. The molecule has 154 valence electrons. The van der Waals surface area contributed by atoms with Gasteiger partial charge in [-0.1, -0.05) is 0 Å². The zero-order valence-electron chi connectivity index (χ0n) is 17.2. The summed E-state index contributed by atoms with van der Waals surface area (Å²) >= 11 is 0. The first-order valence-corrected chi connectivity index (χ1v) is 9.03. The van der Waals surface area contributed by atoms with E-state index in [1.165, 1.54) is 20.0 Å². The van der Waals surface area contributed by atoms with Crippen LogP contribution in [0.15, 0.2) is 34.5 Å². The van der Waals surface area contributed by atoms with Gasteiger partial charge in [-0.3, -0.25) is 19.3 Å². The first kappa shape index (κ1) is 21.1. The molecule has 0 unspecified atom stereocenters. The van der Waals surface area contributed by atoms with Crippen LogP contribution in [0.1, 0.15) is 38.8 Å². The van der Waals surface area contributed by atoms with Crippen LogP contribution in [0, 0.1) is 22.7 Å². The van der Waals surface area contributed by atoms with Crippen molar-refractivity contribution in [1.29, 1.82) is 10.5 Å². The largest absolute Gasteiger partial charge is 0.378 e. The minimum absolute atomic E-state index is 0.0196.